The highest BCUT2D eigenvalue weighted by Crippen LogP contribution is 2.25. The zero-order valence-electron chi connectivity index (χ0n) is 7.01. The summed E-state index contributed by atoms with van der Waals surface area (Å²) >= 11 is 0. The van der Waals surface area contributed by atoms with Gasteiger partial charge in [-0.3, -0.25) is 4.79 Å². The molecule has 0 bridgehead atoms. The number of benzene rings is 1. The number of carbonyl (C=O) groups excluding carboxylic acids is 1. The maximum Gasteiger partial charge on any atom is 0.167 e. The number of hydrogen-bond acceptors (Lipinski definition) is 3. The highest BCUT2D eigenvalue weighted by atomic mass is 16.6. The van der Waals surface area contributed by atoms with E-state index in [1.165, 1.54) is 0 Å². The number of oxime groups is 1. The number of nitrogens with zero attached hydrogens (tertiary/aromatic N) is 1. The molecule has 0 spiro atoms. The summed E-state index contributed by atoms with van der Waals surface area (Å²) in [4.78, 5) is 15.5. The maximum atomic E-state index is 10.4. The summed E-state index contributed by atoms with van der Waals surface area (Å²) in [6.45, 7) is 0. The van der Waals surface area contributed by atoms with Crippen molar-refractivity contribution in [3.63, 3.8) is 0 Å². The molecule has 1 aromatic rings. The van der Waals surface area contributed by atoms with E-state index in [9.17, 15) is 4.79 Å². The number of rotatable bonds is 2. The van der Waals surface area contributed by atoms with Gasteiger partial charge in [-0.2, -0.15) is 0 Å². The van der Waals surface area contributed by atoms with Gasteiger partial charge in [0, 0.05) is 6.42 Å². The minimum Gasteiger partial charge on any atom is -0.387 e. The standard InChI is InChI=1S/C10H9NO2/c12-7-9-6-10(13-11-9)8-4-2-1-3-5-8/h1-5,7,10H,6H2. The molecule has 66 valence electrons. The summed E-state index contributed by atoms with van der Waals surface area (Å²) in [5.74, 6) is 0. The lowest BCUT2D eigenvalue weighted by Crippen LogP contribution is -2.00. The van der Waals surface area contributed by atoms with E-state index in [2.05, 4.69) is 5.16 Å². The van der Waals surface area contributed by atoms with Gasteiger partial charge in [0.05, 0.1) is 0 Å². The van der Waals surface area contributed by atoms with Crippen LogP contribution in [0, 0.1) is 0 Å². The van der Waals surface area contributed by atoms with Gasteiger partial charge >= 0.3 is 0 Å². The van der Waals surface area contributed by atoms with Crippen LogP contribution in [-0.4, -0.2) is 12.0 Å². The van der Waals surface area contributed by atoms with Crippen LogP contribution in [0.1, 0.15) is 18.1 Å². The van der Waals surface area contributed by atoms with Gasteiger partial charge in [0.2, 0.25) is 0 Å². The average molecular weight is 175 g/mol. The van der Waals surface area contributed by atoms with Gasteiger partial charge in [-0.1, -0.05) is 35.5 Å². The lowest BCUT2D eigenvalue weighted by Gasteiger charge is -2.06. The Morgan fingerprint density at radius 1 is 1.38 bits per heavy atom. The van der Waals surface area contributed by atoms with E-state index in [1.54, 1.807) is 0 Å². The van der Waals surface area contributed by atoms with E-state index in [0.717, 1.165) is 11.8 Å². The van der Waals surface area contributed by atoms with Gasteiger partial charge in [0.1, 0.15) is 5.71 Å². The molecule has 0 saturated heterocycles. The fourth-order valence-electron chi connectivity index (χ4n) is 1.31. The zero-order chi connectivity index (χ0) is 9.10. The van der Waals surface area contributed by atoms with Crippen LogP contribution in [0.3, 0.4) is 0 Å². The fourth-order valence-corrected chi connectivity index (χ4v) is 1.31. The fraction of sp³-hybridized carbons (Fsp3) is 0.200. The van der Waals surface area contributed by atoms with Crippen molar-refractivity contribution in [3.8, 4) is 0 Å². The summed E-state index contributed by atoms with van der Waals surface area (Å²) < 4.78 is 0. The second-order valence-electron chi connectivity index (χ2n) is 2.91. The summed E-state index contributed by atoms with van der Waals surface area (Å²) in [6, 6.07) is 9.76. The second-order valence-corrected chi connectivity index (χ2v) is 2.91. The van der Waals surface area contributed by atoms with Gasteiger partial charge < -0.3 is 4.84 Å². The van der Waals surface area contributed by atoms with Crippen molar-refractivity contribution < 1.29 is 9.63 Å². The van der Waals surface area contributed by atoms with Crippen LogP contribution < -0.4 is 0 Å². The highest BCUT2D eigenvalue weighted by molar-refractivity contribution is 6.28. The summed E-state index contributed by atoms with van der Waals surface area (Å²) in [5, 5.41) is 3.66. The predicted molar refractivity (Wildman–Crippen MR) is 48.4 cm³/mol. The molecule has 1 aliphatic heterocycles. The van der Waals surface area contributed by atoms with Crippen molar-refractivity contribution in [2.24, 2.45) is 5.16 Å². The van der Waals surface area contributed by atoms with Crippen LogP contribution in [0.15, 0.2) is 35.5 Å². The third-order valence-electron chi connectivity index (χ3n) is 2.00. The quantitative estimate of drug-likeness (QED) is 0.642. The Hall–Kier alpha value is -1.64. The third kappa shape index (κ3) is 1.59. The first-order chi connectivity index (χ1) is 6.40. The van der Waals surface area contributed by atoms with E-state index in [-0.39, 0.29) is 6.10 Å². The van der Waals surface area contributed by atoms with Crippen molar-refractivity contribution in [2.75, 3.05) is 0 Å². The van der Waals surface area contributed by atoms with Crippen molar-refractivity contribution in [2.45, 2.75) is 12.5 Å². The third-order valence-corrected chi connectivity index (χ3v) is 2.00. The van der Waals surface area contributed by atoms with E-state index in [0.29, 0.717) is 12.1 Å². The van der Waals surface area contributed by atoms with Crippen LogP contribution in [0.5, 0.6) is 0 Å². The van der Waals surface area contributed by atoms with E-state index >= 15 is 0 Å². The molecule has 1 aliphatic rings. The molecule has 1 heterocycles. The molecule has 0 amide bonds. The molecule has 13 heavy (non-hydrogen) atoms. The molecular formula is C10H9NO2. The summed E-state index contributed by atoms with van der Waals surface area (Å²) in [6.07, 6.45) is 1.23. The van der Waals surface area contributed by atoms with Crippen molar-refractivity contribution in [1.29, 1.82) is 0 Å². The van der Waals surface area contributed by atoms with Crippen molar-refractivity contribution in [1.82, 2.24) is 0 Å². The molecule has 0 fully saturated rings. The van der Waals surface area contributed by atoms with Crippen LogP contribution in [0.4, 0.5) is 0 Å². The molecule has 3 nitrogen and oxygen atoms in total. The molecular weight excluding hydrogens is 166 g/mol. The van der Waals surface area contributed by atoms with Crippen molar-refractivity contribution >= 4 is 12.0 Å². The first-order valence-electron chi connectivity index (χ1n) is 4.13. The molecule has 2 rings (SSSR count). The molecule has 0 aromatic heterocycles. The van der Waals surface area contributed by atoms with Gasteiger partial charge in [-0.25, -0.2) is 0 Å². The van der Waals surface area contributed by atoms with Gasteiger partial charge in [-0.15, -0.1) is 0 Å². The van der Waals surface area contributed by atoms with Crippen LogP contribution in [0.2, 0.25) is 0 Å². The number of carbonyl (C=O) groups is 1. The largest absolute Gasteiger partial charge is 0.387 e. The van der Waals surface area contributed by atoms with E-state index in [1.807, 2.05) is 30.3 Å². The Morgan fingerprint density at radius 3 is 2.77 bits per heavy atom. The Morgan fingerprint density at radius 2 is 2.15 bits per heavy atom. The SMILES string of the molecule is O=CC1=NOC(c2ccccc2)C1. The molecule has 0 aliphatic carbocycles. The molecule has 3 heteroatoms. The molecule has 0 radical (unpaired) electrons. The first-order valence-corrected chi connectivity index (χ1v) is 4.13. The lowest BCUT2D eigenvalue weighted by atomic mass is 10.1. The minimum atomic E-state index is -0.0820. The first kappa shape index (κ1) is 7.98. The average Bonchev–Trinajstić information content (AvgIpc) is 2.67. The summed E-state index contributed by atoms with van der Waals surface area (Å²) in [5.41, 5.74) is 1.54. The predicted octanol–water partition coefficient (Wildman–Crippen LogP) is 1.70. The number of aldehydes is 1. The zero-order valence-corrected chi connectivity index (χ0v) is 7.01. The minimum absolute atomic E-state index is 0.0820. The lowest BCUT2D eigenvalue weighted by molar-refractivity contribution is -0.102. The Labute approximate surface area is 76.0 Å². The van der Waals surface area contributed by atoms with Gasteiger partial charge in [0.25, 0.3) is 0 Å². The van der Waals surface area contributed by atoms with Crippen LogP contribution in [0.25, 0.3) is 0 Å². The van der Waals surface area contributed by atoms with E-state index in [4.69, 9.17) is 4.84 Å². The maximum absolute atomic E-state index is 10.4. The Balaban J connectivity index is 2.11. The molecule has 1 unspecified atom stereocenters. The Bertz CT molecular complexity index is 332. The van der Waals surface area contributed by atoms with Gasteiger partial charge in [0.15, 0.2) is 12.4 Å². The van der Waals surface area contributed by atoms with E-state index < -0.39 is 0 Å². The molecule has 0 saturated carbocycles. The number of hydrogen-bond donors (Lipinski definition) is 0. The summed E-state index contributed by atoms with van der Waals surface area (Å²) in [7, 11) is 0. The molecule has 1 atom stereocenters. The van der Waals surface area contributed by atoms with Crippen LogP contribution in [-0.2, 0) is 9.63 Å². The second kappa shape index (κ2) is 3.39. The smallest absolute Gasteiger partial charge is 0.167 e. The Kier molecular flexibility index (Phi) is 2.08. The van der Waals surface area contributed by atoms with Gasteiger partial charge in [-0.05, 0) is 5.56 Å². The monoisotopic (exact) mass is 175 g/mol. The topological polar surface area (TPSA) is 38.7 Å². The highest BCUT2D eigenvalue weighted by Gasteiger charge is 2.21. The molecule has 1 aromatic carbocycles. The van der Waals surface area contributed by atoms with Crippen molar-refractivity contribution in [3.05, 3.63) is 35.9 Å². The molecule has 0 N–H and O–H groups in total. The normalized spacial score (nSPS) is 20.6. The van der Waals surface area contributed by atoms with Crippen LogP contribution >= 0.6 is 0 Å².